The van der Waals surface area contributed by atoms with Crippen molar-refractivity contribution in [3.8, 4) is 0 Å². The maximum atomic E-state index is 11.3. The van der Waals surface area contributed by atoms with Crippen LogP contribution in [0.5, 0.6) is 0 Å². The first kappa shape index (κ1) is 13.8. The zero-order chi connectivity index (χ0) is 11.0. The molecule has 1 atom stereocenters. The summed E-state index contributed by atoms with van der Waals surface area (Å²) < 4.78 is 34.8. The van der Waals surface area contributed by atoms with Crippen molar-refractivity contribution in [2.45, 2.75) is 19.4 Å². The number of sulfonamides is 1. The minimum absolute atomic E-state index is 0.0945. The Morgan fingerprint density at radius 1 is 1.36 bits per heavy atom. The van der Waals surface area contributed by atoms with Gasteiger partial charge in [-0.3, -0.25) is 0 Å². The zero-order valence-electron chi connectivity index (χ0n) is 8.95. The highest BCUT2D eigenvalue weighted by Crippen LogP contribution is 1.92. The van der Waals surface area contributed by atoms with E-state index in [9.17, 15) is 8.42 Å². The van der Waals surface area contributed by atoms with Crippen molar-refractivity contribution < 1.29 is 17.9 Å². The number of hydrogen-bond acceptors (Lipinski definition) is 4. The van der Waals surface area contributed by atoms with Gasteiger partial charge in [-0.1, -0.05) is 0 Å². The number of hydrogen-bond donors (Lipinski definition) is 1. The average molecular weight is 225 g/mol. The molecule has 0 heterocycles. The molecule has 0 aliphatic heterocycles. The van der Waals surface area contributed by atoms with Crippen molar-refractivity contribution in [1.29, 1.82) is 0 Å². The maximum absolute atomic E-state index is 11.3. The minimum Gasteiger partial charge on any atom is -0.385 e. The number of nitrogens with one attached hydrogen (secondary N) is 1. The molecule has 0 bridgehead atoms. The van der Waals surface area contributed by atoms with E-state index in [0.29, 0.717) is 19.6 Å². The Balaban J connectivity index is 3.73. The molecule has 6 heteroatoms. The molecule has 0 aromatic carbocycles. The molecule has 0 rings (SSSR count). The van der Waals surface area contributed by atoms with Crippen molar-refractivity contribution in [2.75, 3.05) is 33.1 Å². The van der Waals surface area contributed by atoms with E-state index in [0.717, 1.165) is 0 Å². The van der Waals surface area contributed by atoms with E-state index in [1.165, 1.54) is 0 Å². The summed E-state index contributed by atoms with van der Waals surface area (Å²) in [6.07, 6.45) is 0.403. The van der Waals surface area contributed by atoms with Crippen LogP contribution in [0.4, 0.5) is 0 Å². The lowest BCUT2D eigenvalue weighted by Crippen LogP contribution is -2.33. The van der Waals surface area contributed by atoms with Crippen molar-refractivity contribution in [3.05, 3.63) is 0 Å². The van der Waals surface area contributed by atoms with Gasteiger partial charge in [-0.15, -0.1) is 0 Å². The average Bonchev–Trinajstić information content (AvgIpc) is 2.14. The predicted octanol–water partition coefficient (Wildman–Crippen LogP) is -0.0228. The van der Waals surface area contributed by atoms with Crippen LogP contribution in [0.1, 0.15) is 13.3 Å². The van der Waals surface area contributed by atoms with E-state index < -0.39 is 10.0 Å². The summed E-state index contributed by atoms with van der Waals surface area (Å²) >= 11 is 0. The van der Waals surface area contributed by atoms with Crippen LogP contribution in [0, 0.1) is 0 Å². The molecule has 0 fully saturated rings. The van der Waals surface area contributed by atoms with E-state index in [1.807, 2.05) is 0 Å². The van der Waals surface area contributed by atoms with E-state index in [4.69, 9.17) is 9.47 Å². The van der Waals surface area contributed by atoms with E-state index in [2.05, 4.69) is 4.72 Å². The summed E-state index contributed by atoms with van der Waals surface area (Å²) in [7, 11) is -0.0748. The zero-order valence-corrected chi connectivity index (χ0v) is 9.76. The fourth-order valence-corrected chi connectivity index (χ4v) is 1.92. The Morgan fingerprint density at radius 2 is 2.00 bits per heavy atom. The van der Waals surface area contributed by atoms with Crippen molar-refractivity contribution >= 4 is 10.0 Å². The van der Waals surface area contributed by atoms with Crippen LogP contribution in [-0.2, 0) is 19.5 Å². The largest absolute Gasteiger partial charge is 0.385 e. The SMILES string of the molecule is COCCCS(=O)(=O)NCC(C)OC. The van der Waals surface area contributed by atoms with Gasteiger partial charge in [0.25, 0.3) is 0 Å². The molecular formula is C8H19NO4S. The number of rotatable bonds is 8. The number of methoxy groups -OCH3 is 2. The third kappa shape index (κ3) is 7.25. The lowest BCUT2D eigenvalue weighted by atomic mass is 10.4. The minimum atomic E-state index is -3.17. The Labute approximate surface area is 85.8 Å². The van der Waals surface area contributed by atoms with Gasteiger partial charge in [-0.25, -0.2) is 13.1 Å². The molecule has 1 unspecified atom stereocenters. The van der Waals surface area contributed by atoms with Crippen LogP contribution >= 0.6 is 0 Å². The standard InChI is InChI=1S/C8H19NO4S/c1-8(13-3)7-9-14(10,11)6-4-5-12-2/h8-9H,4-7H2,1-3H3. The predicted molar refractivity (Wildman–Crippen MR) is 54.8 cm³/mol. The Kier molecular flexibility index (Phi) is 7.08. The van der Waals surface area contributed by atoms with Gasteiger partial charge in [0.2, 0.25) is 10.0 Å². The van der Waals surface area contributed by atoms with E-state index in [-0.39, 0.29) is 11.9 Å². The summed E-state index contributed by atoms with van der Waals surface area (Å²) in [5.74, 6) is 0.0945. The monoisotopic (exact) mass is 225 g/mol. The molecule has 0 radical (unpaired) electrons. The molecule has 0 aromatic heterocycles. The summed E-state index contributed by atoms with van der Waals surface area (Å²) in [5, 5.41) is 0. The molecule has 86 valence electrons. The lowest BCUT2D eigenvalue weighted by molar-refractivity contribution is 0.122. The Hall–Kier alpha value is -0.170. The molecule has 14 heavy (non-hydrogen) atoms. The molecule has 0 aromatic rings. The van der Waals surface area contributed by atoms with Gasteiger partial charge in [0.1, 0.15) is 0 Å². The third-order valence-electron chi connectivity index (χ3n) is 1.75. The lowest BCUT2D eigenvalue weighted by Gasteiger charge is -2.10. The van der Waals surface area contributed by atoms with Crippen LogP contribution in [-0.4, -0.2) is 47.6 Å². The highest BCUT2D eigenvalue weighted by Gasteiger charge is 2.10. The summed E-state index contributed by atoms with van der Waals surface area (Å²) in [6, 6.07) is 0. The molecule has 0 spiro atoms. The second-order valence-electron chi connectivity index (χ2n) is 3.06. The molecule has 0 saturated carbocycles. The number of ether oxygens (including phenoxy) is 2. The van der Waals surface area contributed by atoms with Crippen LogP contribution in [0.25, 0.3) is 0 Å². The Morgan fingerprint density at radius 3 is 2.50 bits per heavy atom. The van der Waals surface area contributed by atoms with Gasteiger partial charge < -0.3 is 9.47 Å². The first-order valence-electron chi connectivity index (χ1n) is 4.51. The van der Waals surface area contributed by atoms with Crippen molar-refractivity contribution in [3.63, 3.8) is 0 Å². The molecule has 0 aliphatic carbocycles. The Bertz CT molecular complexity index is 227. The quantitative estimate of drug-likeness (QED) is 0.590. The van der Waals surface area contributed by atoms with Gasteiger partial charge in [-0.2, -0.15) is 0 Å². The van der Waals surface area contributed by atoms with Crippen LogP contribution in [0.3, 0.4) is 0 Å². The van der Waals surface area contributed by atoms with Gasteiger partial charge in [0.15, 0.2) is 0 Å². The summed E-state index contributed by atoms with van der Waals surface area (Å²) in [5.41, 5.74) is 0. The topological polar surface area (TPSA) is 64.6 Å². The van der Waals surface area contributed by atoms with E-state index >= 15 is 0 Å². The van der Waals surface area contributed by atoms with E-state index in [1.54, 1.807) is 21.1 Å². The summed E-state index contributed by atoms with van der Waals surface area (Å²) in [4.78, 5) is 0. The van der Waals surface area contributed by atoms with Gasteiger partial charge in [0.05, 0.1) is 11.9 Å². The second kappa shape index (κ2) is 7.17. The molecule has 5 nitrogen and oxygen atoms in total. The van der Waals surface area contributed by atoms with Crippen LogP contribution < -0.4 is 4.72 Å². The highest BCUT2D eigenvalue weighted by atomic mass is 32.2. The normalized spacial score (nSPS) is 14.2. The molecular weight excluding hydrogens is 206 g/mol. The summed E-state index contributed by atoms with van der Waals surface area (Å²) in [6.45, 7) is 2.57. The molecule has 0 aliphatic rings. The first-order valence-corrected chi connectivity index (χ1v) is 6.16. The van der Waals surface area contributed by atoms with Crippen LogP contribution in [0.2, 0.25) is 0 Å². The molecule has 1 N–H and O–H groups in total. The van der Waals surface area contributed by atoms with Gasteiger partial charge >= 0.3 is 0 Å². The van der Waals surface area contributed by atoms with Crippen molar-refractivity contribution in [1.82, 2.24) is 4.72 Å². The maximum Gasteiger partial charge on any atom is 0.211 e. The van der Waals surface area contributed by atoms with Gasteiger partial charge in [0, 0.05) is 27.4 Å². The third-order valence-corrected chi connectivity index (χ3v) is 3.19. The second-order valence-corrected chi connectivity index (χ2v) is 4.99. The fourth-order valence-electron chi connectivity index (χ4n) is 0.793. The first-order chi connectivity index (χ1) is 6.52. The molecule has 0 amide bonds. The fraction of sp³-hybridized carbons (Fsp3) is 1.00. The molecule has 0 saturated heterocycles. The highest BCUT2D eigenvalue weighted by molar-refractivity contribution is 7.89. The van der Waals surface area contributed by atoms with Crippen LogP contribution in [0.15, 0.2) is 0 Å². The van der Waals surface area contributed by atoms with Gasteiger partial charge in [-0.05, 0) is 13.3 Å². The smallest absolute Gasteiger partial charge is 0.211 e. The van der Waals surface area contributed by atoms with Crippen molar-refractivity contribution in [2.24, 2.45) is 0 Å².